The molecule has 1 aromatic heterocycles. The van der Waals surface area contributed by atoms with Crippen molar-refractivity contribution in [2.24, 2.45) is 5.41 Å². The van der Waals surface area contributed by atoms with Crippen molar-refractivity contribution in [1.82, 2.24) is 19.9 Å². The average Bonchev–Trinajstić information content (AvgIpc) is 3.20. The van der Waals surface area contributed by atoms with Crippen LogP contribution in [0, 0.1) is 16.7 Å². The Balaban J connectivity index is 1.39. The summed E-state index contributed by atoms with van der Waals surface area (Å²) in [5.74, 6) is 1.98. The van der Waals surface area contributed by atoms with Gasteiger partial charge in [0.05, 0.1) is 18.7 Å². The summed E-state index contributed by atoms with van der Waals surface area (Å²) < 4.78 is 5.62. The molecule has 0 radical (unpaired) electrons. The lowest BCUT2D eigenvalue weighted by Crippen LogP contribution is -2.43. The van der Waals surface area contributed by atoms with Gasteiger partial charge in [-0.25, -0.2) is 0 Å². The van der Waals surface area contributed by atoms with Gasteiger partial charge in [0.2, 0.25) is 5.91 Å². The molecule has 7 nitrogen and oxygen atoms in total. The van der Waals surface area contributed by atoms with Crippen molar-refractivity contribution in [2.75, 3.05) is 18.2 Å². The van der Waals surface area contributed by atoms with Crippen LogP contribution >= 0.6 is 11.8 Å². The third-order valence-electron chi connectivity index (χ3n) is 5.10. The number of hydrogen-bond acceptors (Lipinski definition) is 5. The van der Waals surface area contributed by atoms with E-state index in [-0.39, 0.29) is 23.4 Å². The van der Waals surface area contributed by atoms with E-state index in [0.29, 0.717) is 6.04 Å². The molecule has 1 aliphatic carbocycles. The highest BCUT2D eigenvalue weighted by atomic mass is 32.2. The molecule has 3 rings (SSSR count). The maximum atomic E-state index is 12.1. The van der Waals surface area contributed by atoms with Gasteiger partial charge in [-0.05, 0) is 25.7 Å². The predicted octanol–water partition coefficient (Wildman–Crippen LogP) is 2.43. The number of aromatic nitrogens is 2. The van der Waals surface area contributed by atoms with Gasteiger partial charge < -0.3 is 5.32 Å². The maximum absolute atomic E-state index is 12.1. The summed E-state index contributed by atoms with van der Waals surface area (Å²) in [5.41, 5.74) is -0.327. The van der Waals surface area contributed by atoms with Gasteiger partial charge in [0.1, 0.15) is 6.04 Å². The maximum Gasteiger partial charge on any atom is 0.225 e. The summed E-state index contributed by atoms with van der Waals surface area (Å²) >= 11 is 1.82. The van der Waals surface area contributed by atoms with Crippen LogP contribution in [0.2, 0.25) is 0 Å². The third kappa shape index (κ3) is 4.64. The van der Waals surface area contributed by atoms with Gasteiger partial charge in [-0.15, -0.1) is 11.8 Å². The van der Waals surface area contributed by atoms with Gasteiger partial charge in [0.15, 0.2) is 0 Å². The van der Waals surface area contributed by atoms with Gasteiger partial charge >= 0.3 is 0 Å². The fourth-order valence-corrected chi connectivity index (χ4v) is 4.50. The van der Waals surface area contributed by atoms with Gasteiger partial charge in [-0.2, -0.15) is 5.26 Å². The lowest BCUT2D eigenvalue weighted by Gasteiger charge is -2.29. The fourth-order valence-electron chi connectivity index (χ4n) is 3.34. The van der Waals surface area contributed by atoms with Crippen LogP contribution in [0.5, 0.6) is 0 Å². The highest BCUT2D eigenvalue weighted by Crippen LogP contribution is 2.31. The molecule has 25 heavy (non-hydrogen) atoms. The summed E-state index contributed by atoms with van der Waals surface area (Å²) in [6.07, 6.45) is 4.07. The van der Waals surface area contributed by atoms with Crippen molar-refractivity contribution in [3.8, 4) is 6.07 Å². The molecule has 1 unspecified atom stereocenters. The Morgan fingerprint density at radius 1 is 1.28 bits per heavy atom. The van der Waals surface area contributed by atoms with Crippen LogP contribution in [0.4, 0.5) is 0 Å². The average molecular weight is 368 g/mol. The SMILES string of the molecule is CC(C)(C)C(=O)NC1CCC(n2on2CCN2CSCC2C#N)CC1. The molecule has 0 bridgehead atoms. The molecule has 1 aromatic rings. The molecule has 2 fully saturated rings. The zero-order valence-corrected chi connectivity index (χ0v) is 16.2. The molecule has 0 spiro atoms. The molecule has 1 N–H and O–H groups in total. The van der Waals surface area contributed by atoms with Crippen molar-refractivity contribution in [3.05, 3.63) is 0 Å². The Hall–Kier alpha value is -1.33. The summed E-state index contributed by atoms with van der Waals surface area (Å²) in [7, 11) is 0. The molecule has 1 saturated carbocycles. The predicted molar refractivity (Wildman–Crippen MR) is 97.0 cm³/mol. The lowest BCUT2D eigenvalue weighted by atomic mass is 9.89. The molecule has 0 aromatic carbocycles. The normalized spacial score (nSPS) is 28.2. The summed E-state index contributed by atoms with van der Waals surface area (Å²) in [4.78, 5) is 18.2. The van der Waals surface area contributed by atoms with Crippen LogP contribution in [-0.2, 0) is 11.3 Å². The number of nitriles is 1. The molecule has 1 saturated heterocycles. The number of rotatable bonds is 5. The number of thioether (sulfide) groups is 1. The van der Waals surface area contributed by atoms with Gasteiger partial charge in [0, 0.05) is 29.6 Å². The molecular weight excluding hydrogens is 338 g/mol. The van der Waals surface area contributed by atoms with Crippen molar-refractivity contribution in [2.45, 2.75) is 71.1 Å². The highest BCUT2D eigenvalue weighted by Gasteiger charge is 2.32. The van der Waals surface area contributed by atoms with Crippen LogP contribution in [0.1, 0.15) is 52.5 Å². The van der Waals surface area contributed by atoms with Crippen LogP contribution in [-0.4, -0.2) is 50.8 Å². The van der Waals surface area contributed by atoms with Crippen molar-refractivity contribution >= 4 is 17.7 Å². The Morgan fingerprint density at radius 3 is 2.64 bits per heavy atom. The molecule has 2 heterocycles. The molecule has 1 aliphatic heterocycles. The van der Waals surface area contributed by atoms with Crippen LogP contribution in [0.3, 0.4) is 0 Å². The highest BCUT2D eigenvalue weighted by molar-refractivity contribution is 7.99. The molecule has 140 valence electrons. The first-order valence-electron chi connectivity index (χ1n) is 9.15. The van der Waals surface area contributed by atoms with E-state index in [1.54, 1.807) is 0 Å². The minimum atomic E-state index is -0.327. The summed E-state index contributed by atoms with van der Waals surface area (Å²) in [6, 6.07) is 3.09. The molecular formula is C17H29N5O2S. The Labute approximate surface area is 153 Å². The van der Waals surface area contributed by atoms with E-state index >= 15 is 0 Å². The zero-order valence-electron chi connectivity index (χ0n) is 15.4. The van der Waals surface area contributed by atoms with Gasteiger partial charge in [-0.1, -0.05) is 30.5 Å². The van der Waals surface area contributed by atoms with E-state index in [9.17, 15) is 4.79 Å². The van der Waals surface area contributed by atoms with Crippen molar-refractivity contribution in [3.63, 3.8) is 0 Å². The van der Waals surface area contributed by atoms with Crippen molar-refractivity contribution < 1.29 is 9.42 Å². The van der Waals surface area contributed by atoms with Crippen LogP contribution in [0.15, 0.2) is 4.63 Å². The first kappa shape index (κ1) is 18.5. The van der Waals surface area contributed by atoms with Crippen molar-refractivity contribution in [1.29, 1.82) is 5.26 Å². The molecule has 8 heteroatoms. The van der Waals surface area contributed by atoms with Gasteiger partial charge in [-0.3, -0.25) is 14.3 Å². The minimum Gasteiger partial charge on any atom is -0.353 e. The quantitative estimate of drug-likeness (QED) is 0.865. The van der Waals surface area contributed by atoms with E-state index in [0.717, 1.165) is 50.4 Å². The van der Waals surface area contributed by atoms with E-state index in [2.05, 4.69) is 16.3 Å². The molecule has 1 amide bonds. The number of nitrogens with one attached hydrogen (secondary N) is 1. The number of hydrogen-bond donors (Lipinski definition) is 1. The Morgan fingerprint density at radius 2 is 2.00 bits per heavy atom. The minimum absolute atomic E-state index is 0.0419. The Kier molecular flexibility index (Phi) is 5.54. The summed E-state index contributed by atoms with van der Waals surface area (Å²) in [6.45, 7) is 7.51. The lowest BCUT2D eigenvalue weighted by molar-refractivity contribution is -0.129. The molecule has 2 aliphatic rings. The summed E-state index contributed by atoms with van der Waals surface area (Å²) in [5, 5.41) is 12.3. The second-order valence-corrected chi connectivity index (χ2v) is 9.15. The van der Waals surface area contributed by atoms with E-state index in [1.807, 2.05) is 42.2 Å². The smallest absolute Gasteiger partial charge is 0.225 e. The third-order valence-corrected chi connectivity index (χ3v) is 6.17. The number of amides is 1. The van der Waals surface area contributed by atoms with Crippen LogP contribution in [0.25, 0.3) is 0 Å². The fraction of sp³-hybridized carbons (Fsp3) is 0.882. The first-order valence-corrected chi connectivity index (χ1v) is 10.3. The topological polar surface area (TPSA) is 79.1 Å². The second-order valence-electron chi connectivity index (χ2n) is 8.15. The molecule has 1 atom stereocenters. The number of carbonyl (C=O) groups is 1. The Bertz CT molecular complexity index is 612. The standard InChI is InChI=1S/C17H29N5O2S/c1-17(2,3)16(23)19-13-4-6-14(7-5-13)22-21(24-22)9-8-20-12-25-11-15(20)10-18/h13-15H,4-9,11-12H2,1-3H3,(H,19,23). The number of nitrogens with zero attached hydrogens (tertiary/aromatic N) is 4. The second kappa shape index (κ2) is 7.50. The van der Waals surface area contributed by atoms with E-state index < -0.39 is 0 Å². The first-order chi connectivity index (χ1) is 11.9. The monoisotopic (exact) mass is 367 g/mol. The number of carbonyl (C=O) groups excluding carboxylic acids is 1. The largest absolute Gasteiger partial charge is 0.353 e. The van der Waals surface area contributed by atoms with Crippen LogP contribution < -0.4 is 5.32 Å². The zero-order chi connectivity index (χ0) is 18.0. The van der Waals surface area contributed by atoms with E-state index in [4.69, 9.17) is 9.89 Å². The van der Waals surface area contributed by atoms with E-state index in [1.165, 1.54) is 0 Å². The van der Waals surface area contributed by atoms with Gasteiger partial charge in [0.25, 0.3) is 0 Å².